The van der Waals surface area contributed by atoms with E-state index in [1.54, 1.807) is 18.3 Å². The number of rotatable bonds is 2. The molecule has 3 aromatic rings. The Morgan fingerprint density at radius 3 is 2.67 bits per heavy atom. The number of aromatic nitrogens is 1. The van der Waals surface area contributed by atoms with Crippen molar-refractivity contribution in [3.63, 3.8) is 0 Å². The van der Waals surface area contributed by atoms with E-state index >= 15 is 0 Å². The van der Waals surface area contributed by atoms with E-state index in [0.717, 1.165) is 15.4 Å². The van der Waals surface area contributed by atoms with Crippen molar-refractivity contribution < 1.29 is 4.39 Å². The molecule has 0 fully saturated rings. The molecule has 3 rings (SSSR count). The van der Waals surface area contributed by atoms with Crippen LogP contribution in [0.2, 0.25) is 0 Å². The summed E-state index contributed by atoms with van der Waals surface area (Å²) in [5.74, 6) is -0.358. The van der Waals surface area contributed by atoms with Crippen molar-refractivity contribution in [2.24, 2.45) is 0 Å². The molecule has 2 aromatic carbocycles. The van der Waals surface area contributed by atoms with Crippen molar-refractivity contribution in [3.8, 4) is 0 Å². The fraction of sp³-hybridized carbons (Fsp3) is 0. The van der Waals surface area contributed by atoms with Gasteiger partial charge in [0.1, 0.15) is 5.82 Å². The number of hydrogen-bond donors (Lipinski definition) is 2. The Morgan fingerprint density at radius 2 is 1.90 bits per heavy atom. The highest BCUT2D eigenvalue weighted by atomic mass is 79.9. The van der Waals surface area contributed by atoms with E-state index in [2.05, 4.69) is 42.2 Å². The number of nitrogens with two attached hydrogens (primary N) is 1. The highest BCUT2D eigenvalue weighted by Crippen LogP contribution is 2.35. The van der Waals surface area contributed by atoms with Gasteiger partial charge in [0.05, 0.1) is 28.8 Å². The van der Waals surface area contributed by atoms with Crippen LogP contribution >= 0.6 is 31.9 Å². The topological polar surface area (TPSA) is 50.9 Å². The van der Waals surface area contributed by atoms with Gasteiger partial charge in [-0.05, 0) is 46.3 Å². The standard InChI is InChI=1S/C15H10Br2FN3/c16-8-4-5-13-9(6-8)14(12(19)7-20-13)21-15-10(17)2-1-3-11(15)18/h1-7H,19H2,(H,20,21). The molecule has 3 N–H and O–H groups in total. The molecule has 106 valence electrons. The normalized spacial score (nSPS) is 10.8. The molecule has 0 spiro atoms. The number of benzene rings is 2. The number of pyridine rings is 1. The first kappa shape index (κ1) is 14.3. The second-order valence-corrected chi connectivity index (χ2v) is 6.24. The van der Waals surface area contributed by atoms with E-state index in [0.29, 0.717) is 21.5 Å². The first-order chi connectivity index (χ1) is 10.1. The van der Waals surface area contributed by atoms with Gasteiger partial charge in [0, 0.05) is 14.3 Å². The molecule has 6 heteroatoms. The summed E-state index contributed by atoms with van der Waals surface area (Å²) in [6, 6.07) is 10.5. The lowest BCUT2D eigenvalue weighted by atomic mass is 10.1. The van der Waals surface area contributed by atoms with E-state index in [9.17, 15) is 4.39 Å². The third-order valence-electron chi connectivity index (χ3n) is 3.07. The lowest BCUT2D eigenvalue weighted by Gasteiger charge is -2.14. The summed E-state index contributed by atoms with van der Waals surface area (Å²) in [6.07, 6.45) is 1.56. The van der Waals surface area contributed by atoms with Gasteiger partial charge in [0.25, 0.3) is 0 Å². The lowest BCUT2D eigenvalue weighted by molar-refractivity contribution is 0.631. The minimum Gasteiger partial charge on any atom is -0.396 e. The molecule has 0 aliphatic carbocycles. The maximum absolute atomic E-state index is 14.0. The van der Waals surface area contributed by atoms with Crippen LogP contribution in [0.3, 0.4) is 0 Å². The number of para-hydroxylation sites is 1. The summed E-state index contributed by atoms with van der Waals surface area (Å²) < 4.78 is 15.5. The predicted molar refractivity (Wildman–Crippen MR) is 91.2 cm³/mol. The van der Waals surface area contributed by atoms with Crippen molar-refractivity contribution in [3.05, 3.63) is 57.4 Å². The molecule has 0 atom stereocenters. The zero-order valence-corrected chi connectivity index (χ0v) is 13.9. The van der Waals surface area contributed by atoms with Gasteiger partial charge in [-0.2, -0.15) is 0 Å². The third kappa shape index (κ3) is 2.73. The van der Waals surface area contributed by atoms with Crippen LogP contribution in [-0.2, 0) is 0 Å². The van der Waals surface area contributed by atoms with E-state index in [4.69, 9.17) is 5.73 Å². The molecule has 0 saturated carbocycles. The van der Waals surface area contributed by atoms with Crippen LogP contribution < -0.4 is 11.1 Å². The van der Waals surface area contributed by atoms with Gasteiger partial charge in [-0.1, -0.05) is 22.0 Å². The zero-order chi connectivity index (χ0) is 15.0. The minimum absolute atomic E-state index is 0.344. The Kier molecular flexibility index (Phi) is 3.82. The number of nitrogens with zero attached hydrogens (tertiary/aromatic N) is 1. The van der Waals surface area contributed by atoms with Crippen LogP contribution in [0.5, 0.6) is 0 Å². The fourth-order valence-corrected chi connectivity index (χ4v) is 2.86. The Morgan fingerprint density at radius 1 is 1.10 bits per heavy atom. The number of anilines is 3. The van der Waals surface area contributed by atoms with E-state index in [1.165, 1.54) is 6.07 Å². The summed E-state index contributed by atoms with van der Waals surface area (Å²) in [6.45, 7) is 0. The summed E-state index contributed by atoms with van der Waals surface area (Å²) in [5.41, 5.74) is 8.22. The third-order valence-corrected chi connectivity index (χ3v) is 4.23. The monoisotopic (exact) mass is 409 g/mol. The molecule has 0 bridgehead atoms. The second kappa shape index (κ2) is 5.61. The molecule has 0 saturated heterocycles. The number of nitrogen functional groups attached to an aromatic ring is 1. The maximum Gasteiger partial charge on any atom is 0.147 e. The molecule has 1 heterocycles. The maximum atomic E-state index is 14.0. The van der Waals surface area contributed by atoms with Gasteiger partial charge in [-0.3, -0.25) is 4.98 Å². The average molecular weight is 411 g/mol. The number of fused-ring (bicyclic) bond motifs is 1. The predicted octanol–water partition coefficient (Wildman–Crippen LogP) is 5.22. The van der Waals surface area contributed by atoms with Crippen LogP contribution in [0, 0.1) is 5.82 Å². The first-order valence-electron chi connectivity index (χ1n) is 6.11. The smallest absolute Gasteiger partial charge is 0.147 e. The van der Waals surface area contributed by atoms with Gasteiger partial charge < -0.3 is 11.1 Å². The van der Waals surface area contributed by atoms with Crippen LogP contribution in [0.4, 0.5) is 21.5 Å². The average Bonchev–Trinajstić information content (AvgIpc) is 2.45. The van der Waals surface area contributed by atoms with Crippen molar-refractivity contribution in [1.82, 2.24) is 4.98 Å². The summed E-state index contributed by atoms with van der Waals surface area (Å²) >= 11 is 6.77. The van der Waals surface area contributed by atoms with Gasteiger partial charge in [0.2, 0.25) is 0 Å². The Hall–Kier alpha value is -1.66. The second-order valence-electron chi connectivity index (χ2n) is 4.47. The van der Waals surface area contributed by atoms with Crippen LogP contribution in [0.1, 0.15) is 0 Å². The quantitative estimate of drug-likeness (QED) is 0.608. The number of halogens is 3. The highest BCUT2D eigenvalue weighted by Gasteiger charge is 2.12. The fourth-order valence-electron chi connectivity index (χ4n) is 2.06. The zero-order valence-electron chi connectivity index (χ0n) is 10.7. The van der Waals surface area contributed by atoms with Crippen LogP contribution in [0.15, 0.2) is 51.5 Å². The first-order valence-corrected chi connectivity index (χ1v) is 7.69. The van der Waals surface area contributed by atoms with Crippen molar-refractivity contribution in [1.29, 1.82) is 0 Å². The van der Waals surface area contributed by atoms with E-state index in [1.807, 2.05) is 18.2 Å². The van der Waals surface area contributed by atoms with Crippen LogP contribution in [-0.4, -0.2) is 4.98 Å². The van der Waals surface area contributed by atoms with Gasteiger partial charge >= 0.3 is 0 Å². The summed E-state index contributed by atoms with van der Waals surface area (Å²) in [4.78, 5) is 4.28. The molecular formula is C15H10Br2FN3. The molecular weight excluding hydrogens is 401 g/mol. The SMILES string of the molecule is Nc1cnc2ccc(Br)cc2c1Nc1c(F)cccc1Br. The number of hydrogen-bond acceptors (Lipinski definition) is 3. The van der Waals surface area contributed by atoms with E-state index in [-0.39, 0.29) is 5.82 Å². The van der Waals surface area contributed by atoms with Gasteiger partial charge in [0.15, 0.2) is 0 Å². The Balaban J connectivity index is 2.20. The molecule has 21 heavy (non-hydrogen) atoms. The lowest BCUT2D eigenvalue weighted by Crippen LogP contribution is -2.01. The molecule has 0 radical (unpaired) electrons. The van der Waals surface area contributed by atoms with Crippen molar-refractivity contribution >= 4 is 59.8 Å². The molecule has 0 amide bonds. The molecule has 1 aromatic heterocycles. The van der Waals surface area contributed by atoms with Gasteiger partial charge in [-0.25, -0.2) is 4.39 Å². The molecule has 0 aliphatic rings. The number of nitrogens with one attached hydrogen (secondary N) is 1. The summed E-state index contributed by atoms with van der Waals surface area (Å²) in [7, 11) is 0. The van der Waals surface area contributed by atoms with Crippen molar-refractivity contribution in [2.45, 2.75) is 0 Å². The minimum atomic E-state index is -0.358. The largest absolute Gasteiger partial charge is 0.396 e. The van der Waals surface area contributed by atoms with Gasteiger partial charge in [-0.15, -0.1) is 0 Å². The Bertz CT molecular complexity index is 811. The Labute approximate surface area is 137 Å². The molecule has 0 aliphatic heterocycles. The van der Waals surface area contributed by atoms with Crippen LogP contribution in [0.25, 0.3) is 10.9 Å². The molecule has 0 unspecified atom stereocenters. The molecule has 3 nitrogen and oxygen atoms in total. The van der Waals surface area contributed by atoms with Crippen molar-refractivity contribution in [2.75, 3.05) is 11.1 Å². The highest BCUT2D eigenvalue weighted by molar-refractivity contribution is 9.10. The van der Waals surface area contributed by atoms with E-state index < -0.39 is 0 Å². The summed E-state index contributed by atoms with van der Waals surface area (Å²) in [5, 5.41) is 3.89.